The Labute approximate surface area is 130 Å². The molecule has 1 amide bonds. The van der Waals surface area contributed by atoms with E-state index in [-0.39, 0.29) is 18.1 Å². The molecule has 0 aromatic heterocycles. The van der Waals surface area contributed by atoms with Crippen LogP contribution in [0.5, 0.6) is 0 Å². The molecule has 0 aromatic rings. The van der Waals surface area contributed by atoms with Crippen LogP contribution in [0.3, 0.4) is 0 Å². The smallest absolute Gasteiger partial charge is 0.274 e. The van der Waals surface area contributed by atoms with Crippen molar-refractivity contribution < 1.29 is 9.90 Å². The van der Waals surface area contributed by atoms with Gasteiger partial charge in [0.15, 0.2) is 5.96 Å². The molecule has 21 heavy (non-hydrogen) atoms. The number of thioether (sulfide) groups is 1. The van der Waals surface area contributed by atoms with E-state index in [4.69, 9.17) is 23.1 Å². The van der Waals surface area contributed by atoms with Gasteiger partial charge in [0.05, 0.1) is 11.9 Å². The molecule has 0 fully saturated rings. The summed E-state index contributed by atoms with van der Waals surface area (Å²) in [6, 6.07) is 0. The lowest BCUT2D eigenvalue weighted by atomic mass is 10.1. The number of nitrogens with two attached hydrogens (primary N) is 2. The zero-order chi connectivity index (χ0) is 15.4. The number of aliphatic hydroxyl groups excluding tert-OH is 1. The number of amidine groups is 1. The van der Waals surface area contributed by atoms with Crippen LogP contribution < -0.4 is 16.8 Å². The minimum Gasteiger partial charge on any atom is -0.389 e. The van der Waals surface area contributed by atoms with E-state index in [9.17, 15) is 9.90 Å². The maximum Gasteiger partial charge on any atom is 0.274 e. The normalized spacial score (nSPS) is 21.5. The van der Waals surface area contributed by atoms with Gasteiger partial charge in [-0.2, -0.15) is 4.99 Å². The Morgan fingerprint density at radius 2 is 2.33 bits per heavy atom. The van der Waals surface area contributed by atoms with Gasteiger partial charge in [-0.15, -0.1) is 11.8 Å². The monoisotopic (exact) mass is 327 g/mol. The van der Waals surface area contributed by atoms with E-state index in [1.165, 1.54) is 17.8 Å². The van der Waals surface area contributed by atoms with E-state index in [0.717, 1.165) is 0 Å². The summed E-state index contributed by atoms with van der Waals surface area (Å²) in [5, 5.41) is 14.2. The summed E-state index contributed by atoms with van der Waals surface area (Å²) in [6.07, 6.45) is 2.66. The minimum atomic E-state index is -0.715. The number of halogens is 1. The maximum atomic E-state index is 12.1. The first-order valence-electron chi connectivity index (χ1n) is 6.00. The fourth-order valence-electron chi connectivity index (χ4n) is 1.74. The van der Waals surface area contributed by atoms with Gasteiger partial charge in [0.2, 0.25) is 0 Å². The number of aliphatic hydroxyl groups is 1. The van der Waals surface area contributed by atoms with Gasteiger partial charge in [0, 0.05) is 22.6 Å². The summed E-state index contributed by atoms with van der Waals surface area (Å²) >= 11 is 7.20. The standard InChI is InChI=1S/C12H14ClN5O2S/c13-6-1-7(3-8(19)2-6)16-11(20)9-4-21-5-10(17-9)18-12(14)15/h1-2,4,8,19H,3,5H2,(H,16,20)(H4,14,15,17,18). The zero-order valence-electron chi connectivity index (χ0n) is 10.9. The Kier molecular flexibility index (Phi) is 5.05. The summed E-state index contributed by atoms with van der Waals surface area (Å²) in [5.74, 6) is 0.356. The number of allylic oxidation sites excluding steroid dienone is 2. The topological polar surface area (TPSA) is 126 Å². The van der Waals surface area contributed by atoms with Gasteiger partial charge in [-0.05, 0) is 12.2 Å². The largest absolute Gasteiger partial charge is 0.389 e. The second kappa shape index (κ2) is 6.79. The number of nitrogens with zero attached hydrogens (tertiary/aromatic N) is 2. The molecule has 7 nitrogen and oxygen atoms in total. The fraction of sp³-hybridized carbons (Fsp3) is 0.250. The maximum absolute atomic E-state index is 12.1. The molecule has 1 aliphatic heterocycles. The van der Waals surface area contributed by atoms with Crippen molar-refractivity contribution in [2.75, 3.05) is 5.75 Å². The predicted molar refractivity (Wildman–Crippen MR) is 84.6 cm³/mol. The van der Waals surface area contributed by atoms with E-state index in [2.05, 4.69) is 15.3 Å². The molecule has 112 valence electrons. The highest BCUT2D eigenvalue weighted by molar-refractivity contribution is 8.02. The van der Waals surface area contributed by atoms with Crippen molar-refractivity contribution in [2.24, 2.45) is 21.5 Å². The molecule has 2 aliphatic rings. The Morgan fingerprint density at radius 3 is 3.00 bits per heavy atom. The lowest BCUT2D eigenvalue weighted by Crippen LogP contribution is -2.29. The first-order chi connectivity index (χ1) is 9.94. The van der Waals surface area contributed by atoms with Crippen molar-refractivity contribution >= 4 is 41.1 Å². The number of amides is 1. The third-order valence-electron chi connectivity index (χ3n) is 2.51. The zero-order valence-corrected chi connectivity index (χ0v) is 12.5. The van der Waals surface area contributed by atoms with Gasteiger partial charge >= 0.3 is 0 Å². The van der Waals surface area contributed by atoms with Crippen LogP contribution in [0, 0.1) is 0 Å². The Balaban J connectivity index is 2.07. The number of carbonyl (C=O) groups excluding carboxylic acids is 1. The number of hydrogen-bond acceptors (Lipinski definition) is 5. The number of hydrogen-bond donors (Lipinski definition) is 4. The molecule has 0 aromatic carbocycles. The summed E-state index contributed by atoms with van der Waals surface area (Å²) in [4.78, 5) is 20.0. The molecule has 1 unspecified atom stereocenters. The van der Waals surface area contributed by atoms with E-state index in [0.29, 0.717) is 22.3 Å². The molecule has 2 rings (SSSR count). The molecule has 1 atom stereocenters. The molecular formula is C12H14ClN5O2S. The van der Waals surface area contributed by atoms with Crippen molar-refractivity contribution in [1.82, 2.24) is 5.32 Å². The van der Waals surface area contributed by atoms with Crippen LogP contribution in [-0.2, 0) is 4.79 Å². The van der Waals surface area contributed by atoms with E-state index in [1.807, 2.05) is 0 Å². The Morgan fingerprint density at radius 1 is 1.57 bits per heavy atom. The van der Waals surface area contributed by atoms with Crippen molar-refractivity contribution in [3.05, 3.63) is 34.0 Å². The van der Waals surface area contributed by atoms with Gasteiger partial charge in [0.1, 0.15) is 11.5 Å². The van der Waals surface area contributed by atoms with E-state index >= 15 is 0 Å². The van der Waals surface area contributed by atoms with Crippen LogP contribution >= 0.6 is 23.4 Å². The average molecular weight is 328 g/mol. The van der Waals surface area contributed by atoms with Crippen LogP contribution in [0.4, 0.5) is 0 Å². The average Bonchev–Trinajstić information content (AvgIpc) is 2.36. The van der Waals surface area contributed by atoms with Gasteiger partial charge in [-0.25, -0.2) is 4.99 Å². The first kappa shape index (κ1) is 15.6. The molecule has 1 heterocycles. The third-order valence-corrected chi connectivity index (χ3v) is 3.56. The SMILES string of the molecule is NC(N)=NC1=NC(C(=O)NC2=CC(Cl)=CC(O)C2)=CSC1. The second-order valence-corrected chi connectivity index (χ2v) is 5.62. The van der Waals surface area contributed by atoms with Gasteiger partial charge < -0.3 is 21.9 Å². The van der Waals surface area contributed by atoms with E-state index < -0.39 is 12.0 Å². The van der Waals surface area contributed by atoms with Crippen LogP contribution in [0.15, 0.2) is 44.0 Å². The highest BCUT2D eigenvalue weighted by Crippen LogP contribution is 2.20. The van der Waals surface area contributed by atoms with E-state index in [1.54, 1.807) is 11.5 Å². The van der Waals surface area contributed by atoms with Crippen LogP contribution in [0.2, 0.25) is 0 Å². The molecule has 9 heteroatoms. The number of carbonyl (C=O) groups is 1. The van der Waals surface area contributed by atoms with Crippen molar-refractivity contribution in [3.63, 3.8) is 0 Å². The number of rotatable bonds is 2. The van der Waals surface area contributed by atoms with Crippen LogP contribution in [0.1, 0.15) is 6.42 Å². The highest BCUT2D eigenvalue weighted by Gasteiger charge is 2.18. The minimum absolute atomic E-state index is 0.106. The molecular weight excluding hydrogens is 314 g/mol. The molecule has 0 radical (unpaired) electrons. The molecule has 0 bridgehead atoms. The lowest BCUT2D eigenvalue weighted by Gasteiger charge is -2.17. The van der Waals surface area contributed by atoms with Gasteiger partial charge in [-0.3, -0.25) is 4.79 Å². The summed E-state index contributed by atoms with van der Waals surface area (Å²) in [5.41, 5.74) is 11.3. The second-order valence-electron chi connectivity index (χ2n) is 4.33. The number of nitrogens with one attached hydrogen (secondary N) is 1. The summed E-state index contributed by atoms with van der Waals surface area (Å²) in [7, 11) is 0. The van der Waals surface area contributed by atoms with Crippen molar-refractivity contribution in [3.8, 4) is 0 Å². The first-order valence-corrected chi connectivity index (χ1v) is 7.43. The molecule has 0 saturated carbocycles. The lowest BCUT2D eigenvalue weighted by molar-refractivity contribution is -0.116. The van der Waals surface area contributed by atoms with Crippen molar-refractivity contribution in [2.45, 2.75) is 12.5 Å². The highest BCUT2D eigenvalue weighted by atomic mass is 35.5. The fourth-order valence-corrected chi connectivity index (χ4v) is 2.70. The quantitative estimate of drug-likeness (QED) is 0.424. The molecule has 6 N–H and O–H groups in total. The Bertz CT molecular complexity index is 605. The number of guanidine groups is 1. The van der Waals surface area contributed by atoms with Crippen LogP contribution in [-0.4, -0.2) is 34.7 Å². The number of aliphatic imine (C=N–C) groups is 2. The predicted octanol–water partition coefficient (Wildman–Crippen LogP) is 0.134. The third kappa shape index (κ3) is 4.62. The molecule has 0 saturated heterocycles. The summed E-state index contributed by atoms with van der Waals surface area (Å²) < 4.78 is 0. The van der Waals surface area contributed by atoms with Crippen molar-refractivity contribution in [1.29, 1.82) is 0 Å². The van der Waals surface area contributed by atoms with Gasteiger partial charge in [0.25, 0.3) is 5.91 Å². The summed E-state index contributed by atoms with van der Waals surface area (Å²) in [6.45, 7) is 0. The Hall–Kier alpha value is -1.77. The molecule has 1 aliphatic carbocycles. The van der Waals surface area contributed by atoms with Gasteiger partial charge in [-0.1, -0.05) is 11.6 Å². The van der Waals surface area contributed by atoms with Crippen LogP contribution in [0.25, 0.3) is 0 Å². The molecule has 0 spiro atoms.